The predicted molar refractivity (Wildman–Crippen MR) is 88.0 cm³/mol. The van der Waals surface area contributed by atoms with E-state index in [9.17, 15) is 5.11 Å². The van der Waals surface area contributed by atoms with Crippen LogP contribution in [0.3, 0.4) is 0 Å². The lowest BCUT2D eigenvalue weighted by molar-refractivity contribution is 0.0258. The highest BCUT2D eigenvalue weighted by atomic mass is 16.5. The monoisotopic (exact) mass is 307 g/mol. The van der Waals surface area contributed by atoms with Crippen molar-refractivity contribution in [1.29, 1.82) is 0 Å². The molecular formula is C18H29NO3. The minimum Gasteiger partial charge on any atom is -0.496 e. The number of ether oxygens (including phenoxy) is 2. The Morgan fingerprint density at radius 2 is 2.14 bits per heavy atom. The number of nitrogens with zero attached hydrogens (tertiary/aromatic N) is 1. The number of methoxy groups -OCH3 is 2. The smallest absolute Gasteiger partial charge is 0.124 e. The summed E-state index contributed by atoms with van der Waals surface area (Å²) in [7, 11) is 3.39. The first kappa shape index (κ1) is 17.3. The summed E-state index contributed by atoms with van der Waals surface area (Å²) in [6.07, 6.45) is 3.33. The Hall–Kier alpha value is -1.10. The third-order valence-corrected chi connectivity index (χ3v) is 4.88. The van der Waals surface area contributed by atoms with Gasteiger partial charge in [0.15, 0.2) is 0 Å². The number of aliphatic hydroxyl groups excluding tert-OH is 1. The summed E-state index contributed by atoms with van der Waals surface area (Å²) in [6.45, 7) is 6.04. The standard InChI is InChI=1S/C18H29NO3/c1-4-18(14-20)8-5-9-19(13-18)11-15-6-7-17(22-3)16(10-15)12-21-2/h6-7,10,20H,4-5,8-9,11-14H2,1-3H3/t18-/m1/s1. The van der Waals surface area contributed by atoms with Gasteiger partial charge in [-0.3, -0.25) is 4.90 Å². The van der Waals surface area contributed by atoms with Crippen molar-refractivity contribution in [2.75, 3.05) is 33.9 Å². The van der Waals surface area contributed by atoms with Gasteiger partial charge in [0.05, 0.1) is 13.7 Å². The van der Waals surface area contributed by atoms with Gasteiger partial charge < -0.3 is 14.6 Å². The third kappa shape index (κ3) is 4.00. The maximum Gasteiger partial charge on any atom is 0.124 e. The normalized spacial score (nSPS) is 22.7. The van der Waals surface area contributed by atoms with Gasteiger partial charge in [0.2, 0.25) is 0 Å². The molecule has 1 aliphatic rings. The van der Waals surface area contributed by atoms with Gasteiger partial charge >= 0.3 is 0 Å². The Kier molecular flexibility index (Phi) is 6.24. The van der Waals surface area contributed by atoms with Gasteiger partial charge in [-0.15, -0.1) is 0 Å². The molecule has 124 valence electrons. The van der Waals surface area contributed by atoms with E-state index >= 15 is 0 Å². The van der Waals surface area contributed by atoms with Crippen LogP contribution in [0.15, 0.2) is 18.2 Å². The number of hydrogen-bond donors (Lipinski definition) is 1. The van der Waals surface area contributed by atoms with Crippen molar-refractivity contribution >= 4 is 0 Å². The van der Waals surface area contributed by atoms with Gasteiger partial charge in [-0.2, -0.15) is 0 Å². The van der Waals surface area contributed by atoms with Gasteiger partial charge in [-0.25, -0.2) is 0 Å². The van der Waals surface area contributed by atoms with Crippen molar-refractivity contribution in [3.05, 3.63) is 29.3 Å². The van der Waals surface area contributed by atoms with Crippen molar-refractivity contribution < 1.29 is 14.6 Å². The lowest BCUT2D eigenvalue weighted by Crippen LogP contribution is -2.44. The summed E-state index contributed by atoms with van der Waals surface area (Å²) in [4.78, 5) is 2.46. The molecule has 0 aliphatic carbocycles. The maximum atomic E-state index is 9.75. The molecule has 4 heteroatoms. The molecule has 0 spiro atoms. The van der Waals surface area contributed by atoms with Crippen LogP contribution in [0.4, 0.5) is 0 Å². The minimum absolute atomic E-state index is 0.0834. The fourth-order valence-corrected chi connectivity index (χ4v) is 3.43. The van der Waals surface area contributed by atoms with Gasteiger partial charge in [0.1, 0.15) is 5.75 Å². The summed E-state index contributed by atoms with van der Waals surface area (Å²) in [5.74, 6) is 0.877. The number of aliphatic hydroxyl groups is 1. The van der Waals surface area contributed by atoms with Gasteiger partial charge in [0, 0.05) is 37.8 Å². The zero-order chi connectivity index (χ0) is 16.0. The summed E-state index contributed by atoms with van der Waals surface area (Å²) in [5.41, 5.74) is 2.45. The molecule has 1 N–H and O–H groups in total. The fourth-order valence-electron chi connectivity index (χ4n) is 3.43. The zero-order valence-corrected chi connectivity index (χ0v) is 14.1. The second-order valence-electron chi connectivity index (χ2n) is 6.41. The fraction of sp³-hybridized carbons (Fsp3) is 0.667. The Balaban J connectivity index is 2.08. The van der Waals surface area contributed by atoms with E-state index in [4.69, 9.17) is 9.47 Å². The Bertz CT molecular complexity index is 471. The molecule has 0 unspecified atom stereocenters. The van der Waals surface area contributed by atoms with Gasteiger partial charge in [-0.1, -0.05) is 13.0 Å². The van der Waals surface area contributed by atoms with Crippen LogP contribution in [-0.2, 0) is 17.9 Å². The predicted octanol–water partition coefficient (Wildman–Crippen LogP) is 2.83. The third-order valence-electron chi connectivity index (χ3n) is 4.88. The average Bonchev–Trinajstić information content (AvgIpc) is 2.55. The van der Waals surface area contributed by atoms with E-state index in [1.165, 1.54) is 5.56 Å². The number of likely N-dealkylation sites (tertiary alicyclic amines) is 1. The first-order valence-electron chi connectivity index (χ1n) is 8.14. The first-order valence-corrected chi connectivity index (χ1v) is 8.14. The van der Waals surface area contributed by atoms with E-state index in [2.05, 4.69) is 24.0 Å². The molecule has 0 bridgehead atoms. The van der Waals surface area contributed by atoms with Crippen LogP contribution in [0.5, 0.6) is 5.75 Å². The molecule has 0 saturated carbocycles. The summed E-state index contributed by atoms with van der Waals surface area (Å²) >= 11 is 0. The van der Waals surface area contributed by atoms with E-state index in [1.54, 1.807) is 14.2 Å². The number of piperidine rings is 1. The molecule has 1 aromatic carbocycles. The van der Waals surface area contributed by atoms with Gasteiger partial charge in [0.25, 0.3) is 0 Å². The molecule has 1 saturated heterocycles. The Labute approximate surface area is 134 Å². The number of hydrogen-bond acceptors (Lipinski definition) is 4. The molecule has 1 aliphatic heterocycles. The van der Waals surface area contributed by atoms with Gasteiger partial charge in [-0.05, 0) is 43.5 Å². The van der Waals surface area contributed by atoms with Crippen molar-refractivity contribution in [1.82, 2.24) is 4.90 Å². The molecule has 4 nitrogen and oxygen atoms in total. The van der Waals surface area contributed by atoms with Crippen LogP contribution >= 0.6 is 0 Å². The van der Waals surface area contributed by atoms with Crippen LogP contribution in [0.2, 0.25) is 0 Å². The molecule has 0 amide bonds. The number of benzene rings is 1. The molecule has 1 aromatic rings. The molecule has 2 rings (SSSR count). The summed E-state index contributed by atoms with van der Waals surface area (Å²) < 4.78 is 10.6. The molecule has 1 fully saturated rings. The summed E-state index contributed by atoms with van der Waals surface area (Å²) in [5, 5.41) is 9.75. The lowest BCUT2D eigenvalue weighted by atomic mass is 9.78. The van der Waals surface area contributed by atoms with Crippen LogP contribution in [0.25, 0.3) is 0 Å². The molecule has 22 heavy (non-hydrogen) atoms. The lowest BCUT2D eigenvalue weighted by Gasteiger charge is -2.41. The van der Waals surface area contributed by atoms with E-state index in [1.807, 2.05) is 6.07 Å². The van der Waals surface area contributed by atoms with E-state index in [0.29, 0.717) is 6.61 Å². The second kappa shape index (κ2) is 7.95. The van der Waals surface area contributed by atoms with Crippen molar-refractivity contribution in [2.45, 2.75) is 39.3 Å². The molecule has 0 aromatic heterocycles. The molecule has 1 atom stereocenters. The molecular weight excluding hydrogens is 278 g/mol. The zero-order valence-electron chi connectivity index (χ0n) is 14.1. The van der Waals surface area contributed by atoms with Crippen LogP contribution < -0.4 is 4.74 Å². The van der Waals surface area contributed by atoms with E-state index < -0.39 is 0 Å². The van der Waals surface area contributed by atoms with Crippen molar-refractivity contribution in [3.63, 3.8) is 0 Å². The highest BCUT2D eigenvalue weighted by molar-refractivity contribution is 5.37. The van der Waals surface area contributed by atoms with E-state index in [0.717, 1.165) is 50.2 Å². The largest absolute Gasteiger partial charge is 0.496 e. The highest BCUT2D eigenvalue weighted by Crippen LogP contribution is 2.33. The average molecular weight is 307 g/mol. The Morgan fingerprint density at radius 1 is 1.32 bits per heavy atom. The Morgan fingerprint density at radius 3 is 2.77 bits per heavy atom. The van der Waals surface area contributed by atoms with Crippen LogP contribution in [0, 0.1) is 5.41 Å². The first-order chi connectivity index (χ1) is 10.7. The second-order valence-corrected chi connectivity index (χ2v) is 6.41. The molecule has 1 heterocycles. The quantitative estimate of drug-likeness (QED) is 0.841. The SMILES string of the molecule is CC[C@@]1(CO)CCCN(Cc2ccc(OC)c(COC)c2)C1. The number of rotatable bonds is 7. The highest BCUT2D eigenvalue weighted by Gasteiger charge is 2.33. The van der Waals surface area contributed by atoms with Crippen LogP contribution in [0.1, 0.15) is 37.3 Å². The molecule has 0 radical (unpaired) electrons. The topological polar surface area (TPSA) is 41.9 Å². The summed E-state index contributed by atoms with van der Waals surface area (Å²) in [6, 6.07) is 6.31. The van der Waals surface area contributed by atoms with Crippen LogP contribution in [-0.4, -0.2) is 43.9 Å². The van der Waals surface area contributed by atoms with E-state index in [-0.39, 0.29) is 12.0 Å². The maximum absolute atomic E-state index is 9.75. The minimum atomic E-state index is 0.0834. The van der Waals surface area contributed by atoms with Crippen molar-refractivity contribution in [2.24, 2.45) is 5.41 Å². The van der Waals surface area contributed by atoms with Crippen molar-refractivity contribution in [3.8, 4) is 5.75 Å².